The van der Waals surface area contributed by atoms with Gasteiger partial charge in [0.2, 0.25) is 0 Å². The van der Waals surface area contributed by atoms with Crippen molar-refractivity contribution in [2.75, 3.05) is 18.5 Å². The van der Waals surface area contributed by atoms with Gasteiger partial charge in [-0.3, -0.25) is 0 Å². The lowest BCUT2D eigenvalue weighted by atomic mass is 10.2. The van der Waals surface area contributed by atoms with Gasteiger partial charge in [-0.15, -0.1) is 0 Å². The molecule has 8 heteroatoms. The second-order valence-corrected chi connectivity index (χ2v) is 4.57. The first kappa shape index (κ1) is 17.1. The lowest BCUT2D eigenvalue weighted by Gasteiger charge is -2.14. The van der Waals surface area contributed by atoms with Crippen molar-refractivity contribution in [2.45, 2.75) is 26.1 Å². The van der Waals surface area contributed by atoms with Crippen molar-refractivity contribution >= 4 is 11.7 Å². The van der Waals surface area contributed by atoms with Gasteiger partial charge in [0.15, 0.2) is 6.61 Å². The molecule has 1 aromatic carbocycles. The average molecular weight is 306 g/mol. The van der Waals surface area contributed by atoms with Gasteiger partial charge in [0.25, 0.3) is 0 Å². The zero-order chi connectivity index (χ0) is 16.0. The number of aliphatic hydroxyl groups excluding tert-OH is 1. The number of anilines is 1. The molecule has 0 bridgehead atoms. The highest BCUT2D eigenvalue weighted by molar-refractivity contribution is 5.89. The molecule has 0 aliphatic carbocycles. The summed E-state index contributed by atoms with van der Waals surface area (Å²) in [5.41, 5.74) is 0.877. The summed E-state index contributed by atoms with van der Waals surface area (Å²) >= 11 is 0. The number of carbonyl (C=O) groups is 1. The molecule has 118 valence electrons. The van der Waals surface area contributed by atoms with Crippen LogP contribution in [0.5, 0.6) is 5.75 Å². The molecule has 21 heavy (non-hydrogen) atoms. The van der Waals surface area contributed by atoms with Crippen molar-refractivity contribution in [3.63, 3.8) is 0 Å². The minimum Gasteiger partial charge on any atom is -0.484 e. The second-order valence-electron chi connectivity index (χ2n) is 4.57. The van der Waals surface area contributed by atoms with E-state index in [2.05, 4.69) is 15.4 Å². The molecular formula is C13H17F3N2O3. The van der Waals surface area contributed by atoms with Crippen molar-refractivity contribution in [2.24, 2.45) is 0 Å². The van der Waals surface area contributed by atoms with Crippen molar-refractivity contribution in [1.29, 1.82) is 0 Å². The summed E-state index contributed by atoms with van der Waals surface area (Å²) in [7, 11) is 0. The number of alkyl halides is 3. The number of ether oxygens (including phenoxy) is 1. The maximum atomic E-state index is 12.1. The summed E-state index contributed by atoms with van der Waals surface area (Å²) in [5.74, 6) is 0.0991. The molecule has 0 fully saturated rings. The van der Waals surface area contributed by atoms with E-state index in [1.807, 2.05) is 0 Å². The number of aryl methyl sites for hydroxylation is 1. The molecule has 0 aliphatic rings. The van der Waals surface area contributed by atoms with Crippen molar-refractivity contribution in [3.8, 4) is 5.75 Å². The van der Waals surface area contributed by atoms with Crippen LogP contribution < -0.4 is 15.4 Å². The molecule has 0 aliphatic heterocycles. The van der Waals surface area contributed by atoms with E-state index in [0.717, 1.165) is 0 Å². The predicted molar refractivity (Wildman–Crippen MR) is 71.4 cm³/mol. The Labute approximate surface area is 120 Å². The third kappa shape index (κ3) is 6.35. The molecule has 0 unspecified atom stereocenters. The number of carbonyl (C=O) groups excluding carboxylic acids is 1. The first-order chi connectivity index (χ1) is 9.71. The monoisotopic (exact) mass is 306 g/mol. The third-order valence-electron chi connectivity index (χ3n) is 2.48. The lowest BCUT2D eigenvalue weighted by molar-refractivity contribution is -0.153. The summed E-state index contributed by atoms with van der Waals surface area (Å²) in [4.78, 5) is 11.5. The molecule has 0 spiro atoms. The van der Waals surface area contributed by atoms with Crippen LogP contribution in [0.4, 0.5) is 23.7 Å². The molecule has 1 rings (SSSR count). The Balaban J connectivity index is 2.63. The molecule has 0 saturated carbocycles. The van der Waals surface area contributed by atoms with Gasteiger partial charge in [0, 0.05) is 5.69 Å². The predicted octanol–water partition coefficient (Wildman–Crippen LogP) is 2.44. The molecule has 5 nitrogen and oxygen atoms in total. The quantitative estimate of drug-likeness (QED) is 0.782. The van der Waals surface area contributed by atoms with E-state index in [1.165, 1.54) is 18.2 Å². The molecular weight excluding hydrogens is 289 g/mol. The number of rotatable bonds is 5. The van der Waals surface area contributed by atoms with Gasteiger partial charge >= 0.3 is 12.2 Å². The van der Waals surface area contributed by atoms with Gasteiger partial charge in [0.05, 0.1) is 12.6 Å². The maximum absolute atomic E-state index is 12.1. The largest absolute Gasteiger partial charge is 0.484 e. The molecule has 0 heterocycles. The van der Waals surface area contributed by atoms with Crippen LogP contribution >= 0.6 is 0 Å². The Kier molecular flexibility index (Phi) is 5.83. The van der Waals surface area contributed by atoms with Crippen molar-refractivity contribution in [1.82, 2.24) is 5.32 Å². The van der Waals surface area contributed by atoms with Crippen LogP contribution in [0.1, 0.15) is 12.5 Å². The number of benzene rings is 1. The summed E-state index contributed by atoms with van der Waals surface area (Å²) in [6.45, 7) is 1.63. The number of hydrogen-bond donors (Lipinski definition) is 3. The van der Waals surface area contributed by atoms with Gasteiger partial charge in [-0.1, -0.05) is 0 Å². The fourth-order valence-electron chi connectivity index (χ4n) is 1.49. The van der Waals surface area contributed by atoms with Gasteiger partial charge in [0.1, 0.15) is 5.75 Å². The smallest absolute Gasteiger partial charge is 0.422 e. The van der Waals surface area contributed by atoms with E-state index in [1.54, 1.807) is 13.8 Å². The summed E-state index contributed by atoms with van der Waals surface area (Å²) in [6, 6.07) is 3.36. The third-order valence-corrected chi connectivity index (χ3v) is 2.48. The zero-order valence-electron chi connectivity index (χ0n) is 11.6. The van der Waals surface area contributed by atoms with Crippen LogP contribution in [-0.2, 0) is 0 Å². The number of halogens is 3. The average Bonchev–Trinajstić information content (AvgIpc) is 2.36. The Hall–Kier alpha value is -1.96. The zero-order valence-corrected chi connectivity index (χ0v) is 11.6. The Bertz CT molecular complexity index is 492. The Morgan fingerprint density at radius 3 is 2.62 bits per heavy atom. The minimum absolute atomic E-state index is 0.0991. The summed E-state index contributed by atoms with van der Waals surface area (Å²) in [6.07, 6.45) is -4.40. The molecule has 2 amide bonds. The van der Waals surface area contributed by atoms with E-state index in [4.69, 9.17) is 5.11 Å². The molecule has 1 atom stereocenters. The van der Waals surface area contributed by atoms with E-state index >= 15 is 0 Å². The van der Waals surface area contributed by atoms with Gasteiger partial charge < -0.3 is 20.5 Å². The molecule has 0 radical (unpaired) electrons. The number of hydrogen-bond acceptors (Lipinski definition) is 3. The Morgan fingerprint density at radius 2 is 2.10 bits per heavy atom. The second kappa shape index (κ2) is 7.16. The molecule has 3 N–H and O–H groups in total. The van der Waals surface area contributed by atoms with Gasteiger partial charge in [-0.05, 0) is 37.6 Å². The standard InChI is InChI=1S/C13H17F3N2O3/c1-8-5-10(18-12(20)17-9(2)6-19)3-4-11(8)21-7-13(14,15)16/h3-5,9,19H,6-7H2,1-2H3,(H2,17,18,20)/t9-/m0/s1. The minimum atomic E-state index is -4.40. The number of amides is 2. The van der Waals surface area contributed by atoms with Crippen LogP contribution in [0.15, 0.2) is 18.2 Å². The summed E-state index contributed by atoms with van der Waals surface area (Å²) in [5, 5.41) is 13.8. The topological polar surface area (TPSA) is 70.6 Å². The van der Waals surface area contributed by atoms with Gasteiger partial charge in [-0.25, -0.2) is 4.79 Å². The fourth-order valence-corrected chi connectivity index (χ4v) is 1.49. The number of aliphatic hydroxyl groups is 1. The van der Waals surface area contributed by atoms with Crippen LogP contribution in [0.2, 0.25) is 0 Å². The first-order valence-corrected chi connectivity index (χ1v) is 6.20. The summed E-state index contributed by atoms with van der Waals surface area (Å²) < 4.78 is 40.9. The Morgan fingerprint density at radius 1 is 1.43 bits per heavy atom. The van der Waals surface area contributed by atoms with E-state index < -0.39 is 24.9 Å². The highest BCUT2D eigenvalue weighted by Crippen LogP contribution is 2.24. The van der Waals surface area contributed by atoms with Crippen molar-refractivity contribution in [3.05, 3.63) is 23.8 Å². The molecule has 0 saturated heterocycles. The van der Waals surface area contributed by atoms with Crippen LogP contribution in [-0.4, -0.2) is 36.6 Å². The van der Waals surface area contributed by atoms with E-state index in [-0.39, 0.29) is 12.4 Å². The SMILES string of the molecule is Cc1cc(NC(=O)N[C@@H](C)CO)ccc1OCC(F)(F)F. The fraction of sp³-hybridized carbons (Fsp3) is 0.462. The maximum Gasteiger partial charge on any atom is 0.422 e. The van der Waals surface area contributed by atoms with Crippen molar-refractivity contribution < 1.29 is 27.8 Å². The normalized spacial score (nSPS) is 12.7. The highest BCUT2D eigenvalue weighted by Gasteiger charge is 2.28. The van der Waals surface area contributed by atoms with Crippen LogP contribution in [0.25, 0.3) is 0 Å². The molecule has 0 aromatic heterocycles. The first-order valence-electron chi connectivity index (χ1n) is 6.20. The highest BCUT2D eigenvalue weighted by atomic mass is 19.4. The van der Waals surface area contributed by atoms with Crippen LogP contribution in [0.3, 0.4) is 0 Å². The number of nitrogens with one attached hydrogen (secondary N) is 2. The van der Waals surface area contributed by atoms with E-state index in [0.29, 0.717) is 11.3 Å². The lowest BCUT2D eigenvalue weighted by Crippen LogP contribution is -2.38. The van der Waals surface area contributed by atoms with E-state index in [9.17, 15) is 18.0 Å². The van der Waals surface area contributed by atoms with Crippen LogP contribution in [0, 0.1) is 6.92 Å². The van der Waals surface area contributed by atoms with Gasteiger partial charge in [-0.2, -0.15) is 13.2 Å². The number of urea groups is 1. The molecule has 1 aromatic rings.